The number of carbonyl (C=O) groups is 2. The van der Waals surface area contributed by atoms with Crippen molar-refractivity contribution in [3.05, 3.63) is 58.2 Å². The van der Waals surface area contributed by atoms with Crippen molar-refractivity contribution in [3.63, 3.8) is 0 Å². The summed E-state index contributed by atoms with van der Waals surface area (Å²) in [6, 6.07) is 7.44. The van der Waals surface area contributed by atoms with Gasteiger partial charge in [0.2, 0.25) is 5.91 Å². The molecule has 0 saturated carbocycles. The molecular formula is C21H21F3N4O2S. The van der Waals surface area contributed by atoms with Crippen LogP contribution in [0.15, 0.2) is 42.9 Å². The standard InChI is InChI=1S/C21H21F3N4O2S/c22-21(23,24)6-3-19(29)28-9-5-15(13-28)16-1-2-17(31-16)20(30)26-12-14-4-8-27-10-7-25-18(27)11-14/h1-2,4,7-8,10-11,15H,3,5-6,9,12-13H2,(H,26,30). The largest absolute Gasteiger partial charge is 0.389 e. The van der Waals surface area contributed by atoms with Crippen molar-refractivity contribution in [2.24, 2.45) is 0 Å². The van der Waals surface area contributed by atoms with Gasteiger partial charge in [0.15, 0.2) is 0 Å². The fourth-order valence-electron chi connectivity index (χ4n) is 3.65. The first-order valence-electron chi connectivity index (χ1n) is 9.92. The van der Waals surface area contributed by atoms with E-state index in [1.807, 2.05) is 35.0 Å². The molecule has 1 unspecified atom stereocenters. The molecule has 1 aliphatic rings. The summed E-state index contributed by atoms with van der Waals surface area (Å²) in [7, 11) is 0. The molecule has 2 amide bonds. The van der Waals surface area contributed by atoms with Crippen LogP contribution in [-0.4, -0.2) is 45.4 Å². The highest BCUT2D eigenvalue weighted by molar-refractivity contribution is 7.14. The van der Waals surface area contributed by atoms with E-state index >= 15 is 0 Å². The maximum atomic E-state index is 12.5. The number of thiophene rings is 1. The lowest BCUT2D eigenvalue weighted by molar-refractivity contribution is -0.148. The first-order valence-corrected chi connectivity index (χ1v) is 10.7. The van der Waals surface area contributed by atoms with Crippen LogP contribution in [0.4, 0.5) is 13.2 Å². The van der Waals surface area contributed by atoms with E-state index in [9.17, 15) is 22.8 Å². The second kappa shape index (κ2) is 8.70. The van der Waals surface area contributed by atoms with Crippen molar-refractivity contribution in [2.75, 3.05) is 13.1 Å². The van der Waals surface area contributed by atoms with E-state index in [0.29, 0.717) is 30.9 Å². The molecule has 0 bridgehead atoms. The average molecular weight is 450 g/mol. The number of nitrogens with zero attached hydrogens (tertiary/aromatic N) is 3. The number of hydrogen-bond donors (Lipinski definition) is 1. The summed E-state index contributed by atoms with van der Waals surface area (Å²) in [4.78, 5) is 31.8. The fourth-order valence-corrected chi connectivity index (χ4v) is 4.70. The van der Waals surface area contributed by atoms with E-state index in [0.717, 1.165) is 16.1 Å². The lowest BCUT2D eigenvalue weighted by Crippen LogP contribution is -2.29. The molecular weight excluding hydrogens is 429 g/mol. The third-order valence-corrected chi connectivity index (χ3v) is 6.58. The van der Waals surface area contributed by atoms with Crippen molar-refractivity contribution in [1.29, 1.82) is 0 Å². The van der Waals surface area contributed by atoms with Gasteiger partial charge in [-0.1, -0.05) is 0 Å². The summed E-state index contributed by atoms with van der Waals surface area (Å²) in [6.07, 6.45) is 0.189. The molecule has 164 valence electrons. The molecule has 0 aliphatic carbocycles. The van der Waals surface area contributed by atoms with Crippen LogP contribution in [0.1, 0.15) is 45.3 Å². The van der Waals surface area contributed by atoms with Gasteiger partial charge in [-0.2, -0.15) is 13.2 Å². The summed E-state index contributed by atoms with van der Waals surface area (Å²) in [5.74, 6) is -0.608. The minimum Gasteiger partial charge on any atom is -0.347 e. The van der Waals surface area contributed by atoms with Gasteiger partial charge in [-0.15, -0.1) is 11.3 Å². The molecule has 1 atom stereocenters. The Balaban J connectivity index is 1.30. The Morgan fingerprint density at radius 2 is 2.06 bits per heavy atom. The number of halogens is 3. The van der Waals surface area contributed by atoms with Crippen LogP contribution in [0.25, 0.3) is 5.65 Å². The molecule has 0 radical (unpaired) electrons. The Kier molecular flexibility index (Phi) is 5.99. The van der Waals surface area contributed by atoms with Crippen LogP contribution >= 0.6 is 11.3 Å². The molecule has 6 nitrogen and oxygen atoms in total. The number of imidazole rings is 1. The van der Waals surface area contributed by atoms with E-state index in [1.54, 1.807) is 12.3 Å². The Hall–Kier alpha value is -2.88. The number of hydrogen-bond acceptors (Lipinski definition) is 4. The van der Waals surface area contributed by atoms with E-state index < -0.39 is 24.9 Å². The van der Waals surface area contributed by atoms with Crippen molar-refractivity contribution in [3.8, 4) is 0 Å². The Labute approximate surface area is 180 Å². The van der Waals surface area contributed by atoms with E-state index in [4.69, 9.17) is 0 Å². The van der Waals surface area contributed by atoms with E-state index in [-0.39, 0.29) is 11.8 Å². The summed E-state index contributed by atoms with van der Waals surface area (Å²) in [5.41, 5.74) is 1.74. The van der Waals surface area contributed by atoms with Gasteiger partial charge in [0.05, 0.1) is 11.3 Å². The van der Waals surface area contributed by atoms with Crippen LogP contribution in [0.5, 0.6) is 0 Å². The van der Waals surface area contributed by atoms with Crippen LogP contribution in [0, 0.1) is 0 Å². The summed E-state index contributed by atoms with van der Waals surface area (Å²) in [5, 5.41) is 2.90. The number of carbonyl (C=O) groups excluding carboxylic acids is 2. The molecule has 31 heavy (non-hydrogen) atoms. The summed E-state index contributed by atoms with van der Waals surface area (Å²) in [6.45, 7) is 1.21. The minimum absolute atomic E-state index is 0.0456. The maximum absolute atomic E-state index is 12.5. The zero-order valence-corrected chi connectivity index (χ0v) is 17.4. The Morgan fingerprint density at radius 3 is 2.87 bits per heavy atom. The average Bonchev–Trinajstić information content (AvgIpc) is 3.48. The summed E-state index contributed by atoms with van der Waals surface area (Å²) < 4.78 is 38.9. The third kappa shape index (κ3) is 5.25. The molecule has 3 aromatic heterocycles. The van der Waals surface area contributed by atoms with Crippen LogP contribution in [0.3, 0.4) is 0 Å². The highest BCUT2D eigenvalue weighted by Crippen LogP contribution is 2.33. The lowest BCUT2D eigenvalue weighted by Gasteiger charge is -2.16. The highest BCUT2D eigenvalue weighted by atomic mass is 32.1. The predicted octanol–water partition coefficient (Wildman–Crippen LogP) is 3.98. The van der Waals surface area contributed by atoms with Crippen molar-refractivity contribution in [2.45, 2.75) is 37.9 Å². The number of pyridine rings is 1. The number of amides is 2. The van der Waals surface area contributed by atoms with Crippen LogP contribution < -0.4 is 5.32 Å². The van der Waals surface area contributed by atoms with Crippen molar-refractivity contribution >= 4 is 28.8 Å². The molecule has 0 aromatic carbocycles. The molecule has 4 heterocycles. The quantitative estimate of drug-likeness (QED) is 0.618. The topological polar surface area (TPSA) is 66.7 Å². The van der Waals surface area contributed by atoms with E-state index in [1.165, 1.54) is 16.2 Å². The van der Waals surface area contributed by atoms with Gasteiger partial charge in [-0.05, 0) is 36.2 Å². The van der Waals surface area contributed by atoms with Gasteiger partial charge in [0.1, 0.15) is 5.65 Å². The molecule has 0 spiro atoms. The lowest BCUT2D eigenvalue weighted by atomic mass is 10.1. The number of rotatable bonds is 6. The first-order chi connectivity index (χ1) is 14.8. The molecule has 1 aliphatic heterocycles. The molecule has 1 fully saturated rings. The van der Waals surface area contributed by atoms with Gasteiger partial charge >= 0.3 is 6.18 Å². The SMILES string of the molecule is O=C(NCc1ccn2ccnc2c1)c1ccc(C2CCN(C(=O)CCC(F)(F)F)C2)s1. The van der Waals surface area contributed by atoms with Gasteiger partial charge in [-0.25, -0.2) is 4.98 Å². The normalized spacial score (nSPS) is 16.7. The number of likely N-dealkylation sites (tertiary alicyclic amines) is 1. The Bertz CT molecular complexity index is 1090. The van der Waals surface area contributed by atoms with Crippen LogP contribution in [0.2, 0.25) is 0 Å². The zero-order chi connectivity index (χ0) is 22.0. The zero-order valence-electron chi connectivity index (χ0n) is 16.6. The Morgan fingerprint density at radius 1 is 1.23 bits per heavy atom. The second-order valence-corrected chi connectivity index (χ2v) is 8.67. The fraction of sp³-hybridized carbons (Fsp3) is 0.381. The van der Waals surface area contributed by atoms with Gasteiger partial charge in [0, 0.05) is 55.4 Å². The summed E-state index contributed by atoms with van der Waals surface area (Å²) >= 11 is 1.36. The molecule has 1 saturated heterocycles. The van der Waals surface area contributed by atoms with Gasteiger partial charge in [-0.3, -0.25) is 9.59 Å². The predicted molar refractivity (Wildman–Crippen MR) is 110 cm³/mol. The van der Waals surface area contributed by atoms with E-state index in [2.05, 4.69) is 10.3 Å². The number of alkyl halides is 3. The third-order valence-electron chi connectivity index (χ3n) is 5.33. The highest BCUT2D eigenvalue weighted by Gasteiger charge is 2.32. The number of nitrogens with one attached hydrogen (secondary N) is 1. The molecule has 1 N–H and O–H groups in total. The number of aromatic nitrogens is 2. The van der Waals surface area contributed by atoms with Crippen LogP contribution in [-0.2, 0) is 11.3 Å². The molecule has 10 heteroatoms. The van der Waals surface area contributed by atoms with Gasteiger partial charge in [0.25, 0.3) is 5.91 Å². The smallest absolute Gasteiger partial charge is 0.347 e. The first kappa shape index (κ1) is 21.4. The van der Waals surface area contributed by atoms with Crippen molar-refractivity contribution < 1.29 is 22.8 Å². The minimum atomic E-state index is -4.32. The monoisotopic (exact) mass is 450 g/mol. The van der Waals surface area contributed by atoms with Crippen molar-refractivity contribution in [1.82, 2.24) is 19.6 Å². The molecule has 4 rings (SSSR count). The number of fused-ring (bicyclic) bond motifs is 1. The maximum Gasteiger partial charge on any atom is 0.389 e. The second-order valence-electron chi connectivity index (χ2n) is 7.55. The van der Waals surface area contributed by atoms with Gasteiger partial charge < -0.3 is 14.6 Å². The molecule has 3 aromatic rings.